The summed E-state index contributed by atoms with van der Waals surface area (Å²) in [7, 11) is 0. The predicted molar refractivity (Wildman–Crippen MR) is 59.5 cm³/mol. The van der Waals surface area contributed by atoms with Crippen molar-refractivity contribution in [3.05, 3.63) is 41.9 Å². The molecule has 2 aromatic rings. The van der Waals surface area contributed by atoms with Crippen molar-refractivity contribution in [2.24, 2.45) is 0 Å². The van der Waals surface area contributed by atoms with Gasteiger partial charge in [0.15, 0.2) is 0 Å². The first kappa shape index (κ1) is 10.4. The molecule has 0 atom stereocenters. The molecule has 2 rings (SSSR count). The summed E-state index contributed by atoms with van der Waals surface area (Å²) in [6.07, 6.45) is 1.11. The van der Waals surface area contributed by atoms with E-state index in [0.717, 1.165) is 17.0 Å². The molecule has 1 aromatic carbocycles. The molecule has 1 aromatic heterocycles. The summed E-state index contributed by atoms with van der Waals surface area (Å²) in [6, 6.07) is 6.12. The summed E-state index contributed by atoms with van der Waals surface area (Å²) in [4.78, 5) is 13.5. The summed E-state index contributed by atoms with van der Waals surface area (Å²) in [5, 5.41) is 9.34. The lowest BCUT2D eigenvalue weighted by atomic mass is 10.2. The maximum Gasteiger partial charge on any atom is 0.328 e. The highest BCUT2D eigenvalue weighted by molar-refractivity contribution is 5.91. The Morgan fingerprint density at radius 1 is 1.44 bits per heavy atom. The number of aromatic nitrogens is 1. The maximum atomic E-state index is 12.9. The Balaban J connectivity index is 2.51. The molecule has 1 heterocycles. The third kappa shape index (κ3) is 1.95. The van der Waals surface area contributed by atoms with Gasteiger partial charge in [-0.1, -0.05) is 0 Å². The molecule has 0 bridgehead atoms. The molecular formula is C12H10FNO2. The lowest BCUT2D eigenvalue weighted by molar-refractivity contribution is -0.131. The Labute approximate surface area is 91.2 Å². The van der Waals surface area contributed by atoms with Gasteiger partial charge in [-0.3, -0.25) is 0 Å². The van der Waals surface area contributed by atoms with Crippen LogP contribution in [0.15, 0.2) is 30.3 Å². The molecule has 0 amide bonds. The monoisotopic (exact) mass is 219 g/mol. The highest BCUT2D eigenvalue weighted by Gasteiger charge is 2.04. The van der Waals surface area contributed by atoms with Crippen molar-refractivity contribution < 1.29 is 14.3 Å². The Hall–Kier alpha value is -2.10. The van der Waals surface area contributed by atoms with Crippen molar-refractivity contribution in [2.45, 2.75) is 6.92 Å². The zero-order valence-corrected chi connectivity index (χ0v) is 8.62. The summed E-state index contributed by atoms with van der Waals surface area (Å²) in [5.41, 5.74) is 2.07. The first-order chi connectivity index (χ1) is 7.56. The van der Waals surface area contributed by atoms with Gasteiger partial charge in [-0.15, -0.1) is 0 Å². The van der Waals surface area contributed by atoms with Gasteiger partial charge in [-0.25, -0.2) is 9.18 Å². The van der Waals surface area contributed by atoms with Gasteiger partial charge in [0, 0.05) is 22.7 Å². The topological polar surface area (TPSA) is 53.1 Å². The number of carboxylic acids is 1. The zero-order valence-electron chi connectivity index (χ0n) is 8.62. The number of fused-ring (bicyclic) bond motifs is 1. The number of hydrogen-bond acceptors (Lipinski definition) is 1. The fourth-order valence-corrected chi connectivity index (χ4v) is 1.58. The van der Waals surface area contributed by atoms with Crippen LogP contribution in [0, 0.1) is 5.82 Å². The number of aliphatic carboxylic acids is 1. The number of rotatable bonds is 2. The number of allylic oxidation sites excluding steroid dienone is 1. The largest absolute Gasteiger partial charge is 0.478 e. The van der Waals surface area contributed by atoms with Crippen LogP contribution >= 0.6 is 0 Å². The number of benzene rings is 1. The third-order valence-electron chi connectivity index (χ3n) is 2.35. The van der Waals surface area contributed by atoms with Crippen molar-refractivity contribution in [1.82, 2.24) is 4.98 Å². The summed E-state index contributed by atoms with van der Waals surface area (Å²) < 4.78 is 12.9. The van der Waals surface area contributed by atoms with Crippen molar-refractivity contribution in [3.63, 3.8) is 0 Å². The first-order valence-electron chi connectivity index (χ1n) is 4.76. The minimum absolute atomic E-state index is 0.307. The van der Waals surface area contributed by atoms with E-state index in [1.807, 2.05) is 0 Å². The molecule has 0 saturated heterocycles. The fourth-order valence-electron chi connectivity index (χ4n) is 1.58. The molecule has 3 nitrogen and oxygen atoms in total. The van der Waals surface area contributed by atoms with Gasteiger partial charge in [-0.05, 0) is 36.8 Å². The average Bonchev–Trinajstić information content (AvgIpc) is 2.59. The smallest absolute Gasteiger partial charge is 0.328 e. The highest BCUT2D eigenvalue weighted by Crippen LogP contribution is 2.21. The third-order valence-corrected chi connectivity index (χ3v) is 2.35. The quantitative estimate of drug-likeness (QED) is 0.763. The summed E-state index contributed by atoms with van der Waals surface area (Å²) in [6.45, 7) is 1.69. The van der Waals surface area contributed by atoms with Crippen LogP contribution in [0.4, 0.5) is 4.39 Å². The van der Waals surface area contributed by atoms with E-state index in [1.165, 1.54) is 12.1 Å². The molecular weight excluding hydrogens is 209 g/mol. The van der Waals surface area contributed by atoms with Crippen LogP contribution in [-0.4, -0.2) is 16.1 Å². The average molecular weight is 219 g/mol. The SMILES string of the molecule is C/C(=C\C(=O)O)c1cc2cc(F)ccc2[nH]1. The zero-order chi connectivity index (χ0) is 11.7. The van der Waals surface area contributed by atoms with Crippen molar-refractivity contribution in [1.29, 1.82) is 0 Å². The van der Waals surface area contributed by atoms with Crippen molar-refractivity contribution in [3.8, 4) is 0 Å². The molecule has 0 radical (unpaired) electrons. The minimum atomic E-state index is -0.998. The van der Waals surface area contributed by atoms with Gasteiger partial charge >= 0.3 is 5.97 Å². The maximum absolute atomic E-state index is 12.9. The van der Waals surface area contributed by atoms with E-state index >= 15 is 0 Å². The van der Waals surface area contributed by atoms with Gasteiger partial charge in [0.2, 0.25) is 0 Å². The van der Waals surface area contributed by atoms with Crippen LogP contribution in [0.5, 0.6) is 0 Å². The van der Waals surface area contributed by atoms with Crippen LogP contribution in [0.2, 0.25) is 0 Å². The Morgan fingerprint density at radius 3 is 2.88 bits per heavy atom. The van der Waals surface area contributed by atoms with Crippen LogP contribution in [-0.2, 0) is 4.79 Å². The lowest BCUT2D eigenvalue weighted by Crippen LogP contribution is -1.89. The summed E-state index contributed by atoms with van der Waals surface area (Å²) in [5.74, 6) is -1.31. The standard InChI is InChI=1S/C12H10FNO2/c1-7(4-12(15)16)11-6-8-5-9(13)2-3-10(8)14-11/h2-6,14H,1H3,(H,15,16)/b7-4+. The first-order valence-corrected chi connectivity index (χ1v) is 4.76. The minimum Gasteiger partial charge on any atom is -0.478 e. The number of carboxylic acid groups (broad SMARTS) is 1. The van der Waals surface area contributed by atoms with Crippen LogP contribution < -0.4 is 0 Å². The van der Waals surface area contributed by atoms with Crippen molar-refractivity contribution >= 4 is 22.4 Å². The number of nitrogens with one attached hydrogen (secondary N) is 1. The van der Waals surface area contributed by atoms with Crippen LogP contribution in [0.3, 0.4) is 0 Å². The van der Waals surface area contributed by atoms with Gasteiger partial charge in [-0.2, -0.15) is 0 Å². The molecule has 0 spiro atoms. The fraction of sp³-hybridized carbons (Fsp3) is 0.0833. The van der Waals surface area contributed by atoms with Gasteiger partial charge < -0.3 is 10.1 Å². The van der Waals surface area contributed by atoms with Crippen molar-refractivity contribution in [2.75, 3.05) is 0 Å². The molecule has 0 aliphatic carbocycles. The Bertz CT molecular complexity index is 584. The Morgan fingerprint density at radius 2 is 2.19 bits per heavy atom. The lowest BCUT2D eigenvalue weighted by Gasteiger charge is -1.93. The van der Waals surface area contributed by atoms with Gasteiger partial charge in [0.05, 0.1) is 0 Å². The molecule has 2 N–H and O–H groups in total. The second kappa shape index (κ2) is 3.81. The van der Waals surface area contributed by atoms with E-state index in [4.69, 9.17) is 5.11 Å². The van der Waals surface area contributed by atoms with E-state index in [1.54, 1.807) is 19.1 Å². The van der Waals surface area contributed by atoms with E-state index < -0.39 is 5.97 Å². The molecule has 0 saturated carbocycles. The number of halogens is 1. The van der Waals surface area contributed by atoms with E-state index in [9.17, 15) is 9.18 Å². The van der Waals surface area contributed by atoms with Crippen LogP contribution in [0.1, 0.15) is 12.6 Å². The highest BCUT2D eigenvalue weighted by atomic mass is 19.1. The molecule has 82 valence electrons. The molecule has 0 aliphatic rings. The number of carbonyl (C=O) groups is 1. The Kier molecular flexibility index (Phi) is 2.48. The molecule has 0 fully saturated rings. The predicted octanol–water partition coefficient (Wildman–Crippen LogP) is 2.79. The molecule has 0 aliphatic heterocycles. The normalized spacial score (nSPS) is 12.0. The second-order valence-electron chi connectivity index (χ2n) is 3.58. The molecule has 16 heavy (non-hydrogen) atoms. The van der Waals surface area contributed by atoms with Gasteiger partial charge in [0.25, 0.3) is 0 Å². The number of aromatic amines is 1. The molecule has 0 unspecified atom stereocenters. The van der Waals surface area contributed by atoms with E-state index in [-0.39, 0.29) is 5.82 Å². The van der Waals surface area contributed by atoms with E-state index in [0.29, 0.717) is 11.3 Å². The van der Waals surface area contributed by atoms with Crippen LogP contribution in [0.25, 0.3) is 16.5 Å². The second-order valence-corrected chi connectivity index (χ2v) is 3.58. The van der Waals surface area contributed by atoms with Gasteiger partial charge in [0.1, 0.15) is 5.82 Å². The summed E-state index contributed by atoms with van der Waals surface area (Å²) >= 11 is 0. The molecule has 4 heteroatoms. The number of H-pyrrole nitrogens is 1. The number of hydrogen-bond donors (Lipinski definition) is 2. The van der Waals surface area contributed by atoms with E-state index in [2.05, 4.69) is 4.98 Å².